The topological polar surface area (TPSA) is 75.7 Å². The average molecular weight is 278 g/mol. The number of esters is 1. The number of rotatable bonds is 6. The van der Waals surface area contributed by atoms with E-state index in [0.29, 0.717) is 19.0 Å². The zero-order valence-corrected chi connectivity index (χ0v) is 11.8. The summed E-state index contributed by atoms with van der Waals surface area (Å²) in [5, 5.41) is 3.10. The summed E-state index contributed by atoms with van der Waals surface area (Å²) in [4.78, 5) is 11.0. The molecule has 0 radical (unpaired) electrons. The summed E-state index contributed by atoms with van der Waals surface area (Å²) in [6.45, 7) is 1.97. The highest BCUT2D eigenvalue weighted by Crippen LogP contribution is 2.22. The van der Waals surface area contributed by atoms with Gasteiger partial charge in [0, 0.05) is 13.1 Å². The molecule has 1 N–H and O–H groups in total. The SMILES string of the molecule is CNCCC1CCN(S(=O)(=O)CC(=O)OC)CC1. The van der Waals surface area contributed by atoms with Crippen LogP contribution in [0, 0.1) is 5.92 Å². The van der Waals surface area contributed by atoms with Crippen LogP contribution in [0.5, 0.6) is 0 Å². The van der Waals surface area contributed by atoms with E-state index in [2.05, 4.69) is 10.1 Å². The Bertz CT molecular complexity index is 361. The fourth-order valence-corrected chi connectivity index (χ4v) is 3.49. The molecule has 0 bridgehead atoms. The number of sulfonamides is 1. The molecular formula is C11H22N2O4S. The normalized spacial score (nSPS) is 18.8. The van der Waals surface area contributed by atoms with E-state index in [1.54, 1.807) is 0 Å². The Kier molecular flexibility index (Phi) is 6.04. The van der Waals surface area contributed by atoms with Crippen LogP contribution < -0.4 is 5.32 Å². The van der Waals surface area contributed by atoms with Gasteiger partial charge in [0.2, 0.25) is 10.0 Å². The van der Waals surface area contributed by atoms with Crippen LogP contribution in [0.1, 0.15) is 19.3 Å². The maximum atomic E-state index is 11.9. The van der Waals surface area contributed by atoms with E-state index < -0.39 is 21.7 Å². The Labute approximate surface area is 109 Å². The summed E-state index contributed by atoms with van der Waals surface area (Å²) in [6, 6.07) is 0. The summed E-state index contributed by atoms with van der Waals surface area (Å²) in [7, 11) is -0.387. The highest BCUT2D eigenvalue weighted by Gasteiger charge is 2.29. The number of nitrogens with zero attached hydrogens (tertiary/aromatic N) is 1. The second kappa shape index (κ2) is 7.06. The number of nitrogens with one attached hydrogen (secondary N) is 1. The summed E-state index contributed by atoms with van der Waals surface area (Å²) in [6.07, 6.45) is 2.80. The number of piperidine rings is 1. The molecule has 0 saturated carbocycles. The van der Waals surface area contributed by atoms with Gasteiger partial charge in [-0.25, -0.2) is 12.7 Å². The Morgan fingerprint density at radius 2 is 2.00 bits per heavy atom. The summed E-state index contributed by atoms with van der Waals surface area (Å²) < 4.78 is 29.6. The van der Waals surface area contributed by atoms with Gasteiger partial charge < -0.3 is 10.1 Å². The van der Waals surface area contributed by atoms with Gasteiger partial charge in [0.15, 0.2) is 5.75 Å². The van der Waals surface area contributed by atoms with Gasteiger partial charge in [0.25, 0.3) is 0 Å². The van der Waals surface area contributed by atoms with Crippen LogP contribution >= 0.6 is 0 Å². The highest BCUT2D eigenvalue weighted by molar-refractivity contribution is 7.89. The van der Waals surface area contributed by atoms with Gasteiger partial charge in [0.1, 0.15) is 0 Å². The second-order valence-electron chi connectivity index (χ2n) is 4.57. The Morgan fingerprint density at radius 3 is 2.50 bits per heavy atom. The molecule has 1 aliphatic rings. The van der Waals surface area contributed by atoms with Crippen molar-refractivity contribution in [2.75, 3.05) is 39.5 Å². The number of ether oxygens (including phenoxy) is 1. The molecular weight excluding hydrogens is 256 g/mol. The lowest BCUT2D eigenvalue weighted by Gasteiger charge is -2.30. The molecule has 0 spiro atoms. The standard InChI is InChI=1S/C11H22N2O4S/c1-12-6-3-10-4-7-13(8-5-10)18(15,16)9-11(14)17-2/h10,12H,3-9H2,1-2H3. The van der Waals surface area contributed by atoms with Crippen molar-refractivity contribution in [1.82, 2.24) is 9.62 Å². The van der Waals surface area contributed by atoms with Crippen LogP contribution in [0.15, 0.2) is 0 Å². The van der Waals surface area contributed by atoms with Crippen molar-refractivity contribution < 1.29 is 17.9 Å². The molecule has 0 atom stereocenters. The molecule has 1 aliphatic heterocycles. The molecule has 0 aromatic carbocycles. The largest absolute Gasteiger partial charge is 0.468 e. The summed E-state index contributed by atoms with van der Waals surface area (Å²) in [5.74, 6) is -0.681. The highest BCUT2D eigenvalue weighted by atomic mass is 32.2. The molecule has 6 nitrogen and oxygen atoms in total. The van der Waals surface area contributed by atoms with E-state index in [9.17, 15) is 13.2 Å². The zero-order chi connectivity index (χ0) is 13.6. The molecule has 0 amide bonds. The minimum Gasteiger partial charge on any atom is -0.468 e. The smallest absolute Gasteiger partial charge is 0.322 e. The third kappa shape index (κ3) is 4.55. The third-order valence-electron chi connectivity index (χ3n) is 3.30. The molecule has 1 rings (SSSR count). The second-order valence-corrected chi connectivity index (χ2v) is 6.54. The lowest BCUT2D eigenvalue weighted by molar-refractivity contribution is -0.137. The van der Waals surface area contributed by atoms with Crippen molar-refractivity contribution >= 4 is 16.0 Å². The molecule has 1 heterocycles. The van der Waals surface area contributed by atoms with Crippen molar-refractivity contribution in [1.29, 1.82) is 0 Å². The Balaban J connectivity index is 2.44. The van der Waals surface area contributed by atoms with Gasteiger partial charge in [-0.15, -0.1) is 0 Å². The van der Waals surface area contributed by atoms with Crippen LogP contribution in [0.3, 0.4) is 0 Å². The molecule has 1 fully saturated rings. The van der Waals surface area contributed by atoms with E-state index in [1.165, 1.54) is 11.4 Å². The molecule has 0 aromatic heterocycles. The van der Waals surface area contributed by atoms with Crippen molar-refractivity contribution in [2.45, 2.75) is 19.3 Å². The maximum absolute atomic E-state index is 11.9. The number of hydrogen-bond acceptors (Lipinski definition) is 5. The first-order valence-corrected chi connectivity index (χ1v) is 7.79. The first-order valence-electron chi connectivity index (χ1n) is 6.19. The number of carbonyl (C=O) groups is 1. The monoisotopic (exact) mass is 278 g/mol. The molecule has 0 unspecified atom stereocenters. The number of hydrogen-bond donors (Lipinski definition) is 1. The molecule has 0 aromatic rings. The van der Waals surface area contributed by atoms with Crippen LogP contribution in [0.25, 0.3) is 0 Å². The molecule has 7 heteroatoms. The minimum absolute atomic E-state index is 0.508. The fraction of sp³-hybridized carbons (Fsp3) is 0.909. The zero-order valence-electron chi connectivity index (χ0n) is 11.0. The number of methoxy groups -OCH3 is 1. The predicted octanol–water partition coefficient (Wildman–Crippen LogP) is -0.189. The van der Waals surface area contributed by atoms with E-state index in [1.807, 2.05) is 7.05 Å². The van der Waals surface area contributed by atoms with Crippen LogP contribution in [0.4, 0.5) is 0 Å². The number of carbonyl (C=O) groups excluding carboxylic acids is 1. The van der Waals surface area contributed by atoms with Crippen LogP contribution in [-0.2, 0) is 19.6 Å². The first-order chi connectivity index (χ1) is 8.49. The minimum atomic E-state index is -3.50. The Morgan fingerprint density at radius 1 is 1.39 bits per heavy atom. The molecule has 106 valence electrons. The van der Waals surface area contributed by atoms with E-state index in [0.717, 1.165) is 25.8 Å². The van der Waals surface area contributed by atoms with E-state index in [-0.39, 0.29) is 0 Å². The van der Waals surface area contributed by atoms with Gasteiger partial charge >= 0.3 is 5.97 Å². The molecule has 1 saturated heterocycles. The molecule has 0 aliphatic carbocycles. The van der Waals surface area contributed by atoms with Gasteiger partial charge in [0.05, 0.1) is 7.11 Å². The third-order valence-corrected chi connectivity index (χ3v) is 5.05. The van der Waals surface area contributed by atoms with Crippen LogP contribution in [-0.4, -0.2) is 58.2 Å². The van der Waals surface area contributed by atoms with Gasteiger partial charge in [-0.05, 0) is 38.8 Å². The van der Waals surface area contributed by atoms with Gasteiger partial charge in [-0.3, -0.25) is 4.79 Å². The lowest BCUT2D eigenvalue weighted by Crippen LogP contribution is -2.41. The fourth-order valence-electron chi connectivity index (χ4n) is 2.12. The Hall–Kier alpha value is -0.660. The molecule has 18 heavy (non-hydrogen) atoms. The van der Waals surface area contributed by atoms with Crippen molar-refractivity contribution in [2.24, 2.45) is 5.92 Å². The summed E-state index contributed by atoms with van der Waals surface area (Å²) in [5.41, 5.74) is 0. The van der Waals surface area contributed by atoms with E-state index >= 15 is 0 Å². The maximum Gasteiger partial charge on any atom is 0.322 e. The first kappa shape index (κ1) is 15.4. The van der Waals surface area contributed by atoms with Crippen molar-refractivity contribution in [3.63, 3.8) is 0 Å². The lowest BCUT2D eigenvalue weighted by atomic mass is 9.95. The quantitative estimate of drug-likeness (QED) is 0.682. The van der Waals surface area contributed by atoms with Gasteiger partial charge in [-0.2, -0.15) is 0 Å². The predicted molar refractivity (Wildman–Crippen MR) is 68.6 cm³/mol. The van der Waals surface area contributed by atoms with Crippen LogP contribution in [0.2, 0.25) is 0 Å². The van der Waals surface area contributed by atoms with Gasteiger partial charge in [-0.1, -0.05) is 0 Å². The van der Waals surface area contributed by atoms with Crippen molar-refractivity contribution in [3.8, 4) is 0 Å². The average Bonchev–Trinajstić information content (AvgIpc) is 2.36. The summed E-state index contributed by atoms with van der Waals surface area (Å²) >= 11 is 0. The van der Waals surface area contributed by atoms with E-state index in [4.69, 9.17) is 0 Å². The van der Waals surface area contributed by atoms with Crippen molar-refractivity contribution in [3.05, 3.63) is 0 Å².